The van der Waals surface area contributed by atoms with E-state index in [2.05, 4.69) is 5.10 Å². The second kappa shape index (κ2) is 8.23. The number of aryl methyl sites for hydroxylation is 2. The van der Waals surface area contributed by atoms with Crippen LogP contribution in [-0.4, -0.2) is 33.2 Å². The standard InChI is InChI=1S/C19H23F2N3O/c20-17-7-5-15(14-18(17)21)6-8-19(25)24-12-2-1-4-16(24)9-13-23-11-3-10-22-23/h3,5,7,10-11,14,16H,1-2,4,6,8-9,12-13H2/t16-/m0/s1. The smallest absolute Gasteiger partial charge is 0.223 e. The summed E-state index contributed by atoms with van der Waals surface area (Å²) in [4.78, 5) is 14.6. The SMILES string of the molecule is O=C(CCc1ccc(F)c(F)c1)N1CCCC[C@H]1CCn1cccn1. The molecule has 1 fully saturated rings. The zero-order chi connectivity index (χ0) is 17.6. The molecule has 3 rings (SSSR count). The summed E-state index contributed by atoms with van der Waals surface area (Å²) in [6, 6.07) is 5.95. The highest BCUT2D eigenvalue weighted by Crippen LogP contribution is 2.22. The topological polar surface area (TPSA) is 38.1 Å². The Hall–Kier alpha value is -2.24. The van der Waals surface area contributed by atoms with Crippen LogP contribution < -0.4 is 0 Å². The number of amides is 1. The van der Waals surface area contributed by atoms with Gasteiger partial charge in [-0.15, -0.1) is 0 Å². The van der Waals surface area contributed by atoms with E-state index in [-0.39, 0.29) is 11.9 Å². The van der Waals surface area contributed by atoms with E-state index in [4.69, 9.17) is 0 Å². The molecule has 0 N–H and O–H groups in total. The van der Waals surface area contributed by atoms with Crippen molar-refractivity contribution in [1.82, 2.24) is 14.7 Å². The van der Waals surface area contributed by atoms with Crippen LogP contribution in [-0.2, 0) is 17.8 Å². The van der Waals surface area contributed by atoms with E-state index >= 15 is 0 Å². The minimum absolute atomic E-state index is 0.0925. The molecular weight excluding hydrogens is 324 g/mol. The van der Waals surface area contributed by atoms with Gasteiger partial charge in [0.15, 0.2) is 11.6 Å². The minimum atomic E-state index is -0.861. The molecule has 1 aliphatic heterocycles. The van der Waals surface area contributed by atoms with Gasteiger partial charge in [-0.3, -0.25) is 9.48 Å². The summed E-state index contributed by atoms with van der Waals surface area (Å²) in [5, 5.41) is 4.21. The first-order valence-corrected chi connectivity index (χ1v) is 8.84. The van der Waals surface area contributed by atoms with Gasteiger partial charge in [0.2, 0.25) is 5.91 Å². The predicted octanol–water partition coefficient (Wildman–Crippen LogP) is 3.57. The zero-order valence-electron chi connectivity index (χ0n) is 14.2. The van der Waals surface area contributed by atoms with Gasteiger partial charge in [-0.05, 0) is 55.9 Å². The summed E-state index contributed by atoms with van der Waals surface area (Å²) >= 11 is 0. The monoisotopic (exact) mass is 347 g/mol. The molecule has 1 amide bonds. The lowest BCUT2D eigenvalue weighted by atomic mass is 9.98. The molecule has 1 aromatic carbocycles. The van der Waals surface area contributed by atoms with Gasteiger partial charge in [-0.2, -0.15) is 5.10 Å². The lowest BCUT2D eigenvalue weighted by Crippen LogP contribution is -2.44. The Morgan fingerprint density at radius 2 is 2.12 bits per heavy atom. The summed E-state index contributed by atoms with van der Waals surface area (Å²) in [6.07, 6.45) is 8.49. The maximum Gasteiger partial charge on any atom is 0.223 e. The molecule has 0 saturated carbocycles. The highest BCUT2D eigenvalue weighted by Gasteiger charge is 2.26. The van der Waals surface area contributed by atoms with E-state index < -0.39 is 11.6 Å². The average molecular weight is 347 g/mol. The number of likely N-dealkylation sites (tertiary alicyclic amines) is 1. The first-order chi connectivity index (χ1) is 12.1. The van der Waals surface area contributed by atoms with E-state index in [1.54, 1.807) is 6.20 Å². The van der Waals surface area contributed by atoms with Gasteiger partial charge in [0, 0.05) is 37.9 Å². The Balaban J connectivity index is 1.55. The highest BCUT2D eigenvalue weighted by atomic mass is 19.2. The number of piperidine rings is 1. The Morgan fingerprint density at radius 1 is 1.24 bits per heavy atom. The number of rotatable bonds is 6. The van der Waals surface area contributed by atoms with Gasteiger partial charge >= 0.3 is 0 Å². The molecule has 0 unspecified atom stereocenters. The number of halogens is 2. The van der Waals surface area contributed by atoms with Crippen molar-refractivity contribution in [3.8, 4) is 0 Å². The van der Waals surface area contributed by atoms with E-state index in [1.807, 2.05) is 21.8 Å². The molecule has 0 radical (unpaired) electrons. The van der Waals surface area contributed by atoms with Crippen LogP contribution in [0.3, 0.4) is 0 Å². The Morgan fingerprint density at radius 3 is 2.88 bits per heavy atom. The van der Waals surface area contributed by atoms with Crippen molar-refractivity contribution < 1.29 is 13.6 Å². The van der Waals surface area contributed by atoms with Gasteiger partial charge in [0.25, 0.3) is 0 Å². The molecule has 1 aromatic heterocycles. The van der Waals surface area contributed by atoms with Crippen molar-refractivity contribution >= 4 is 5.91 Å². The minimum Gasteiger partial charge on any atom is -0.340 e. The van der Waals surface area contributed by atoms with E-state index in [1.165, 1.54) is 12.1 Å². The van der Waals surface area contributed by atoms with Crippen LogP contribution >= 0.6 is 0 Å². The fourth-order valence-corrected chi connectivity index (χ4v) is 3.43. The third-order valence-corrected chi connectivity index (χ3v) is 4.81. The van der Waals surface area contributed by atoms with Gasteiger partial charge in [0.05, 0.1) is 0 Å². The third kappa shape index (κ3) is 4.65. The van der Waals surface area contributed by atoms with Crippen LogP contribution in [0.5, 0.6) is 0 Å². The number of benzene rings is 1. The molecular formula is C19H23F2N3O. The van der Waals surface area contributed by atoms with Gasteiger partial charge in [0.1, 0.15) is 0 Å². The maximum absolute atomic E-state index is 13.3. The number of carbonyl (C=O) groups is 1. The summed E-state index contributed by atoms with van der Waals surface area (Å²) in [7, 11) is 0. The molecule has 1 aliphatic rings. The second-order valence-corrected chi connectivity index (χ2v) is 6.54. The predicted molar refractivity (Wildman–Crippen MR) is 90.9 cm³/mol. The van der Waals surface area contributed by atoms with Crippen molar-refractivity contribution in [2.75, 3.05) is 6.54 Å². The van der Waals surface area contributed by atoms with Crippen LogP contribution in [0.4, 0.5) is 8.78 Å². The molecule has 6 heteroatoms. The summed E-state index contributed by atoms with van der Waals surface area (Å²) in [6.45, 7) is 1.57. The number of hydrogen-bond acceptors (Lipinski definition) is 2. The third-order valence-electron chi connectivity index (χ3n) is 4.81. The number of aromatic nitrogens is 2. The lowest BCUT2D eigenvalue weighted by Gasteiger charge is -2.36. The van der Waals surface area contributed by atoms with Gasteiger partial charge < -0.3 is 4.90 Å². The van der Waals surface area contributed by atoms with Crippen molar-refractivity contribution in [1.29, 1.82) is 0 Å². The Bertz CT molecular complexity index is 703. The van der Waals surface area contributed by atoms with E-state index in [9.17, 15) is 13.6 Å². The molecule has 0 spiro atoms. The van der Waals surface area contributed by atoms with Crippen molar-refractivity contribution in [2.24, 2.45) is 0 Å². The van der Waals surface area contributed by atoms with Crippen molar-refractivity contribution in [3.05, 3.63) is 53.9 Å². The number of carbonyl (C=O) groups excluding carboxylic acids is 1. The second-order valence-electron chi connectivity index (χ2n) is 6.54. The summed E-state index contributed by atoms with van der Waals surface area (Å²) in [5.41, 5.74) is 0.650. The van der Waals surface area contributed by atoms with E-state index in [0.29, 0.717) is 18.4 Å². The van der Waals surface area contributed by atoms with Crippen LogP contribution in [0.2, 0.25) is 0 Å². The maximum atomic E-state index is 13.3. The van der Waals surface area contributed by atoms with Crippen molar-refractivity contribution in [2.45, 2.75) is 51.1 Å². The normalized spacial score (nSPS) is 17.7. The number of hydrogen-bond donors (Lipinski definition) is 0. The number of nitrogens with zero attached hydrogens (tertiary/aromatic N) is 3. The van der Waals surface area contributed by atoms with Crippen LogP contribution in [0.25, 0.3) is 0 Å². The molecule has 1 saturated heterocycles. The Labute approximate surface area is 146 Å². The Kier molecular flexibility index (Phi) is 5.79. The lowest BCUT2D eigenvalue weighted by molar-refractivity contribution is -0.135. The molecule has 134 valence electrons. The highest BCUT2D eigenvalue weighted by molar-refractivity contribution is 5.77. The molecule has 25 heavy (non-hydrogen) atoms. The van der Waals surface area contributed by atoms with Crippen LogP contribution in [0, 0.1) is 11.6 Å². The van der Waals surface area contributed by atoms with Crippen LogP contribution in [0.1, 0.15) is 37.7 Å². The fourth-order valence-electron chi connectivity index (χ4n) is 3.43. The average Bonchev–Trinajstić information content (AvgIpc) is 3.14. The zero-order valence-corrected chi connectivity index (χ0v) is 14.2. The fraction of sp³-hybridized carbons (Fsp3) is 0.474. The first kappa shape index (κ1) is 17.6. The molecule has 1 atom stereocenters. The van der Waals surface area contributed by atoms with E-state index in [0.717, 1.165) is 44.8 Å². The van der Waals surface area contributed by atoms with Gasteiger partial charge in [-0.25, -0.2) is 8.78 Å². The molecule has 0 aliphatic carbocycles. The summed E-state index contributed by atoms with van der Waals surface area (Å²) in [5.74, 6) is -1.63. The summed E-state index contributed by atoms with van der Waals surface area (Å²) < 4.78 is 28.1. The van der Waals surface area contributed by atoms with Crippen LogP contribution in [0.15, 0.2) is 36.7 Å². The van der Waals surface area contributed by atoms with Crippen molar-refractivity contribution in [3.63, 3.8) is 0 Å². The molecule has 2 heterocycles. The quantitative estimate of drug-likeness (QED) is 0.801. The largest absolute Gasteiger partial charge is 0.340 e. The molecule has 2 aromatic rings. The molecule has 0 bridgehead atoms. The molecule has 4 nitrogen and oxygen atoms in total. The first-order valence-electron chi connectivity index (χ1n) is 8.84. The van der Waals surface area contributed by atoms with Gasteiger partial charge in [-0.1, -0.05) is 6.07 Å².